The molecule has 1 heterocycles. The number of rotatable bonds is 2. The first-order valence-electron chi connectivity index (χ1n) is 5.05. The molecule has 16 heavy (non-hydrogen) atoms. The molecule has 0 saturated heterocycles. The lowest BCUT2D eigenvalue weighted by Gasteiger charge is -1.98. The normalized spacial score (nSPS) is 10.6. The summed E-state index contributed by atoms with van der Waals surface area (Å²) < 4.78 is 1.57. The molecule has 0 fully saturated rings. The predicted octanol–water partition coefficient (Wildman–Crippen LogP) is 2.31. The average molecular weight is 215 g/mol. The lowest BCUT2D eigenvalue weighted by Crippen LogP contribution is -2.02. The molecule has 2 rings (SSSR count). The summed E-state index contributed by atoms with van der Waals surface area (Å²) >= 11 is 0. The van der Waals surface area contributed by atoms with Crippen LogP contribution in [0.25, 0.3) is 16.5 Å². The minimum Gasteiger partial charge on any atom is -0.392 e. The van der Waals surface area contributed by atoms with Crippen LogP contribution in [-0.4, -0.2) is 22.2 Å². The standard InChI is InChI=1S/C13H13NO2/c1-9(8-15)12-7-14(10(2)16)13-6-4-3-5-11(12)13/h3-7,15H,1,8H2,2H3. The van der Waals surface area contributed by atoms with Gasteiger partial charge >= 0.3 is 0 Å². The molecule has 0 atom stereocenters. The van der Waals surface area contributed by atoms with Gasteiger partial charge in [0.1, 0.15) is 0 Å². The van der Waals surface area contributed by atoms with Crippen LogP contribution in [0.4, 0.5) is 0 Å². The van der Waals surface area contributed by atoms with Crippen LogP contribution in [-0.2, 0) is 0 Å². The Balaban J connectivity index is 2.76. The molecule has 0 unspecified atom stereocenters. The van der Waals surface area contributed by atoms with Crippen molar-refractivity contribution in [2.45, 2.75) is 6.92 Å². The number of aliphatic hydroxyl groups excluding tert-OH is 1. The van der Waals surface area contributed by atoms with Crippen molar-refractivity contribution in [2.75, 3.05) is 6.61 Å². The van der Waals surface area contributed by atoms with Crippen molar-refractivity contribution in [1.82, 2.24) is 4.57 Å². The second-order valence-electron chi connectivity index (χ2n) is 3.71. The maximum Gasteiger partial charge on any atom is 0.227 e. The highest BCUT2D eigenvalue weighted by molar-refractivity contribution is 5.98. The molecular formula is C13H13NO2. The van der Waals surface area contributed by atoms with E-state index >= 15 is 0 Å². The Bertz CT molecular complexity index is 566. The van der Waals surface area contributed by atoms with E-state index < -0.39 is 0 Å². The van der Waals surface area contributed by atoms with Crippen LogP contribution in [0.3, 0.4) is 0 Å². The first-order valence-corrected chi connectivity index (χ1v) is 5.05. The quantitative estimate of drug-likeness (QED) is 0.835. The van der Waals surface area contributed by atoms with Gasteiger partial charge in [-0.05, 0) is 11.6 Å². The van der Waals surface area contributed by atoms with E-state index in [-0.39, 0.29) is 12.5 Å². The second-order valence-corrected chi connectivity index (χ2v) is 3.71. The van der Waals surface area contributed by atoms with Gasteiger partial charge in [-0.25, -0.2) is 0 Å². The Hall–Kier alpha value is -1.87. The van der Waals surface area contributed by atoms with E-state index in [0.717, 1.165) is 16.5 Å². The third-order valence-corrected chi connectivity index (χ3v) is 2.62. The van der Waals surface area contributed by atoms with Gasteiger partial charge in [-0.15, -0.1) is 0 Å². The van der Waals surface area contributed by atoms with Gasteiger partial charge < -0.3 is 5.11 Å². The number of nitrogens with zero attached hydrogens (tertiary/aromatic N) is 1. The SMILES string of the molecule is C=C(CO)c1cn(C(C)=O)c2ccccc12. The van der Waals surface area contributed by atoms with E-state index in [9.17, 15) is 4.79 Å². The molecule has 0 bridgehead atoms. The van der Waals surface area contributed by atoms with Crippen molar-refractivity contribution >= 4 is 22.4 Å². The van der Waals surface area contributed by atoms with Crippen LogP contribution in [0.15, 0.2) is 37.0 Å². The number of carbonyl (C=O) groups excluding carboxylic acids is 1. The maximum absolute atomic E-state index is 11.5. The fourth-order valence-electron chi connectivity index (χ4n) is 1.81. The molecule has 3 heteroatoms. The molecular weight excluding hydrogens is 202 g/mol. The zero-order chi connectivity index (χ0) is 11.7. The molecule has 0 aliphatic heterocycles. The van der Waals surface area contributed by atoms with Gasteiger partial charge in [0, 0.05) is 24.1 Å². The fraction of sp³-hybridized carbons (Fsp3) is 0.154. The summed E-state index contributed by atoms with van der Waals surface area (Å²) in [5.74, 6) is -0.0480. The first kappa shape index (κ1) is 10.6. The number of aromatic nitrogens is 1. The van der Waals surface area contributed by atoms with Crippen molar-refractivity contribution in [3.63, 3.8) is 0 Å². The zero-order valence-corrected chi connectivity index (χ0v) is 9.10. The highest BCUT2D eigenvalue weighted by Gasteiger charge is 2.11. The van der Waals surface area contributed by atoms with E-state index in [1.165, 1.54) is 6.92 Å². The predicted molar refractivity (Wildman–Crippen MR) is 64.4 cm³/mol. The Morgan fingerprint density at radius 2 is 2.12 bits per heavy atom. The smallest absolute Gasteiger partial charge is 0.227 e. The Kier molecular flexibility index (Phi) is 2.62. The van der Waals surface area contributed by atoms with Gasteiger partial charge in [0.2, 0.25) is 5.91 Å². The Labute approximate surface area is 93.6 Å². The van der Waals surface area contributed by atoms with E-state index in [2.05, 4.69) is 6.58 Å². The number of carbonyl (C=O) groups is 1. The zero-order valence-electron chi connectivity index (χ0n) is 9.10. The highest BCUT2D eigenvalue weighted by atomic mass is 16.3. The molecule has 2 aromatic rings. The van der Waals surface area contributed by atoms with Crippen LogP contribution in [0.5, 0.6) is 0 Å². The van der Waals surface area contributed by atoms with Gasteiger partial charge in [0.05, 0.1) is 12.1 Å². The number of hydrogen-bond donors (Lipinski definition) is 1. The van der Waals surface area contributed by atoms with Crippen LogP contribution in [0.2, 0.25) is 0 Å². The maximum atomic E-state index is 11.5. The van der Waals surface area contributed by atoms with Gasteiger partial charge in [-0.3, -0.25) is 9.36 Å². The summed E-state index contributed by atoms with van der Waals surface area (Å²) in [6.07, 6.45) is 1.73. The van der Waals surface area contributed by atoms with E-state index in [1.54, 1.807) is 10.8 Å². The number of aliphatic hydroxyl groups is 1. The van der Waals surface area contributed by atoms with Gasteiger partial charge in [0.15, 0.2) is 0 Å². The minimum absolute atomic E-state index is 0.0480. The van der Waals surface area contributed by atoms with E-state index in [1.807, 2.05) is 24.3 Å². The summed E-state index contributed by atoms with van der Waals surface area (Å²) in [5, 5.41) is 10.0. The molecule has 0 radical (unpaired) electrons. The average Bonchev–Trinajstić information content (AvgIpc) is 2.67. The number of hydrogen-bond acceptors (Lipinski definition) is 2. The number of para-hydroxylation sites is 1. The molecule has 0 aliphatic carbocycles. The topological polar surface area (TPSA) is 42.2 Å². The van der Waals surface area contributed by atoms with E-state index in [0.29, 0.717) is 5.57 Å². The number of fused-ring (bicyclic) bond motifs is 1. The highest BCUT2D eigenvalue weighted by Crippen LogP contribution is 2.26. The first-order chi connectivity index (χ1) is 7.65. The molecule has 0 saturated carbocycles. The largest absolute Gasteiger partial charge is 0.392 e. The summed E-state index contributed by atoms with van der Waals surface area (Å²) in [6.45, 7) is 5.20. The molecule has 3 nitrogen and oxygen atoms in total. The van der Waals surface area contributed by atoms with Crippen LogP contribution < -0.4 is 0 Å². The third-order valence-electron chi connectivity index (χ3n) is 2.62. The van der Waals surface area contributed by atoms with Crippen molar-refractivity contribution in [3.8, 4) is 0 Å². The summed E-state index contributed by atoms with van der Waals surface area (Å²) in [4.78, 5) is 11.5. The summed E-state index contributed by atoms with van der Waals surface area (Å²) in [6, 6.07) is 7.59. The molecule has 0 amide bonds. The molecule has 1 N–H and O–H groups in total. The minimum atomic E-state index is -0.105. The van der Waals surface area contributed by atoms with Crippen LogP contribution in [0, 0.1) is 0 Å². The van der Waals surface area contributed by atoms with Crippen molar-refractivity contribution < 1.29 is 9.90 Å². The van der Waals surface area contributed by atoms with Crippen LogP contribution >= 0.6 is 0 Å². The fourth-order valence-corrected chi connectivity index (χ4v) is 1.81. The molecule has 0 spiro atoms. The second kappa shape index (κ2) is 3.94. The van der Waals surface area contributed by atoms with Crippen LogP contribution in [0.1, 0.15) is 17.3 Å². The summed E-state index contributed by atoms with van der Waals surface area (Å²) in [5.41, 5.74) is 2.30. The summed E-state index contributed by atoms with van der Waals surface area (Å²) in [7, 11) is 0. The van der Waals surface area contributed by atoms with Crippen molar-refractivity contribution in [1.29, 1.82) is 0 Å². The molecule has 0 aliphatic rings. The Morgan fingerprint density at radius 3 is 2.75 bits per heavy atom. The lowest BCUT2D eigenvalue weighted by molar-refractivity contribution is 0.0941. The number of benzene rings is 1. The van der Waals surface area contributed by atoms with E-state index in [4.69, 9.17) is 5.11 Å². The van der Waals surface area contributed by atoms with Gasteiger partial charge in [-0.1, -0.05) is 24.8 Å². The van der Waals surface area contributed by atoms with Crippen molar-refractivity contribution in [3.05, 3.63) is 42.6 Å². The lowest BCUT2D eigenvalue weighted by atomic mass is 10.1. The Morgan fingerprint density at radius 1 is 1.44 bits per heavy atom. The van der Waals surface area contributed by atoms with Gasteiger partial charge in [-0.2, -0.15) is 0 Å². The monoisotopic (exact) mass is 215 g/mol. The van der Waals surface area contributed by atoms with Gasteiger partial charge in [0.25, 0.3) is 0 Å². The molecule has 1 aromatic heterocycles. The third kappa shape index (κ3) is 1.55. The van der Waals surface area contributed by atoms with Crippen molar-refractivity contribution in [2.24, 2.45) is 0 Å². The molecule has 1 aromatic carbocycles. The molecule has 82 valence electrons.